The van der Waals surface area contributed by atoms with Crippen LogP contribution in [0.25, 0.3) is 0 Å². The lowest BCUT2D eigenvalue weighted by Gasteiger charge is -2.10. The maximum atomic E-state index is 11.9. The van der Waals surface area contributed by atoms with E-state index < -0.39 is 0 Å². The van der Waals surface area contributed by atoms with Gasteiger partial charge in [0.15, 0.2) is 0 Å². The van der Waals surface area contributed by atoms with Gasteiger partial charge in [0.2, 0.25) is 0 Å². The average Bonchev–Trinajstić information content (AvgIpc) is 2.93. The number of hydrogen-bond donors (Lipinski definition) is 1. The molecule has 0 aliphatic heterocycles. The number of aliphatic hydroxyl groups is 1. The van der Waals surface area contributed by atoms with Crippen molar-refractivity contribution in [1.82, 2.24) is 0 Å². The Kier molecular flexibility index (Phi) is 33.1. The molecule has 0 amide bonds. The predicted molar refractivity (Wildman–Crippen MR) is 171 cm³/mol. The lowest BCUT2D eigenvalue weighted by molar-refractivity contribution is -0.143. The van der Waals surface area contributed by atoms with Gasteiger partial charge in [0.25, 0.3) is 0 Å². The molecule has 0 spiro atoms. The van der Waals surface area contributed by atoms with Crippen molar-refractivity contribution in [3.05, 3.63) is 0 Å². The van der Waals surface area contributed by atoms with E-state index in [1.165, 1.54) is 167 Å². The molecule has 0 rings (SSSR count). The van der Waals surface area contributed by atoms with E-state index in [1.54, 1.807) is 0 Å². The number of ether oxygens (including phenoxy) is 1. The normalized spacial score (nSPS) is 12.2. The van der Waals surface area contributed by atoms with E-state index in [9.17, 15) is 9.90 Å². The smallest absolute Gasteiger partial charge is 0.305 e. The number of aliphatic hydroxyl groups excluding tert-OH is 1. The monoisotopic (exact) mass is 553 g/mol. The van der Waals surface area contributed by atoms with Gasteiger partial charge >= 0.3 is 5.97 Å². The number of rotatable bonds is 33. The summed E-state index contributed by atoms with van der Waals surface area (Å²) in [6.45, 7) is 5.13. The summed E-state index contributed by atoms with van der Waals surface area (Å²) in [5.41, 5.74) is 0. The molecular weight excluding hydrogens is 480 g/mol. The van der Waals surface area contributed by atoms with Crippen molar-refractivity contribution in [3.8, 4) is 0 Å². The minimum absolute atomic E-state index is 0.00997. The predicted octanol–water partition coefficient (Wildman–Crippen LogP) is 12.0. The van der Waals surface area contributed by atoms with Gasteiger partial charge in [-0.1, -0.05) is 181 Å². The molecule has 3 heteroatoms. The Hall–Kier alpha value is -0.570. The molecule has 3 nitrogen and oxygen atoms in total. The van der Waals surface area contributed by atoms with E-state index >= 15 is 0 Å². The van der Waals surface area contributed by atoms with Crippen LogP contribution in [0.1, 0.15) is 213 Å². The van der Waals surface area contributed by atoms with E-state index in [4.69, 9.17) is 4.74 Å². The third-order valence-electron chi connectivity index (χ3n) is 8.32. The SMILES string of the molecule is CCCCCCCCCCCCCCCCCC(=O)OCCCCCCCCCCCC(O)CCCCCC. The van der Waals surface area contributed by atoms with Crippen molar-refractivity contribution < 1.29 is 14.6 Å². The summed E-state index contributed by atoms with van der Waals surface area (Å²) in [5, 5.41) is 10.0. The number of esters is 1. The molecule has 0 aliphatic carbocycles. The van der Waals surface area contributed by atoms with Gasteiger partial charge in [-0.05, 0) is 25.7 Å². The van der Waals surface area contributed by atoms with Crippen LogP contribution in [0, 0.1) is 0 Å². The topological polar surface area (TPSA) is 46.5 Å². The van der Waals surface area contributed by atoms with Crippen LogP contribution in [0.5, 0.6) is 0 Å². The molecule has 0 saturated heterocycles. The molecule has 0 fully saturated rings. The maximum absolute atomic E-state index is 11.9. The molecule has 1 N–H and O–H groups in total. The molecule has 0 aromatic heterocycles. The van der Waals surface area contributed by atoms with E-state index in [-0.39, 0.29) is 12.1 Å². The van der Waals surface area contributed by atoms with E-state index in [2.05, 4.69) is 13.8 Å². The first-order chi connectivity index (χ1) is 19.2. The fourth-order valence-corrected chi connectivity index (χ4v) is 5.57. The van der Waals surface area contributed by atoms with Crippen LogP contribution in [0.2, 0.25) is 0 Å². The minimum Gasteiger partial charge on any atom is -0.466 e. The van der Waals surface area contributed by atoms with Gasteiger partial charge < -0.3 is 9.84 Å². The molecule has 0 bridgehead atoms. The van der Waals surface area contributed by atoms with Crippen molar-refractivity contribution >= 4 is 5.97 Å². The second-order valence-electron chi connectivity index (χ2n) is 12.4. The summed E-state index contributed by atoms with van der Waals surface area (Å²) >= 11 is 0. The first-order valence-corrected chi connectivity index (χ1v) is 18.0. The fraction of sp³-hybridized carbons (Fsp3) is 0.972. The van der Waals surface area contributed by atoms with Crippen LogP contribution in [0.15, 0.2) is 0 Å². The van der Waals surface area contributed by atoms with Crippen LogP contribution in [-0.2, 0) is 9.53 Å². The zero-order valence-electron chi connectivity index (χ0n) is 27.0. The van der Waals surface area contributed by atoms with Crippen molar-refractivity contribution in [2.45, 2.75) is 219 Å². The summed E-state index contributed by atoms with van der Waals surface area (Å²) in [7, 11) is 0. The van der Waals surface area contributed by atoms with Crippen molar-refractivity contribution in [2.75, 3.05) is 6.61 Å². The summed E-state index contributed by atoms with van der Waals surface area (Å²) in [6.07, 6.45) is 39.0. The summed E-state index contributed by atoms with van der Waals surface area (Å²) in [5.74, 6) is 0.00997. The molecule has 1 unspecified atom stereocenters. The number of carbonyl (C=O) groups excluding carboxylic acids is 1. The molecule has 1 atom stereocenters. The van der Waals surface area contributed by atoms with Crippen LogP contribution in [0.4, 0.5) is 0 Å². The van der Waals surface area contributed by atoms with Crippen molar-refractivity contribution in [3.63, 3.8) is 0 Å². The second-order valence-corrected chi connectivity index (χ2v) is 12.4. The maximum Gasteiger partial charge on any atom is 0.305 e. The highest BCUT2D eigenvalue weighted by Crippen LogP contribution is 2.16. The highest BCUT2D eigenvalue weighted by Gasteiger charge is 2.04. The van der Waals surface area contributed by atoms with Gasteiger partial charge in [-0.2, -0.15) is 0 Å². The van der Waals surface area contributed by atoms with Gasteiger partial charge in [-0.15, -0.1) is 0 Å². The minimum atomic E-state index is -0.0694. The number of carbonyl (C=O) groups is 1. The Morgan fingerprint density at radius 2 is 0.769 bits per heavy atom. The fourth-order valence-electron chi connectivity index (χ4n) is 5.57. The molecule has 0 radical (unpaired) electrons. The summed E-state index contributed by atoms with van der Waals surface area (Å²) in [6, 6.07) is 0. The largest absolute Gasteiger partial charge is 0.466 e. The van der Waals surface area contributed by atoms with Crippen molar-refractivity contribution in [1.29, 1.82) is 0 Å². The highest BCUT2D eigenvalue weighted by atomic mass is 16.5. The number of unbranched alkanes of at least 4 members (excludes halogenated alkanes) is 25. The molecule has 234 valence electrons. The van der Waals surface area contributed by atoms with E-state index in [0.717, 1.165) is 25.7 Å². The highest BCUT2D eigenvalue weighted by molar-refractivity contribution is 5.69. The average molecular weight is 553 g/mol. The van der Waals surface area contributed by atoms with Gasteiger partial charge in [0, 0.05) is 6.42 Å². The molecule has 0 aromatic rings. The molecule has 0 aromatic carbocycles. The van der Waals surface area contributed by atoms with Gasteiger partial charge in [0.1, 0.15) is 0 Å². The lowest BCUT2D eigenvalue weighted by Crippen LogP contribution is -2.05. The lowest BCUT2D eigenvalue weighted by atomic mass is 10.0. The Bertz CT molecular complexity index is 464. The summed E-state index contributed by atoms with van der Waals surface area (Å²) in [4.78, 5) is 11.9. The first-order valence-electron chi connectivity index (χ1n) is 18.0. The zero-order chi connectivity index (χ0) is 28.5. The molecule has 39 heavy (non-hydrogen) atoms. The van der Waals surface area contributed by atoms with Gasteiger partial charge in [0.05, 0.1) is 12.7 Å². The van der Waals surface area contributed by atoms with E-state index in [0.29, 0.717) is 13.0 Å². The molecule has 0 saturated carbocycles. The number of hydrogen-bond acceptors (Lipinski definition) is 3. The van der Waals surface area contributed by atoms with Gasteiger partial charge in [-0.3, -0.25) is 4.79 Å². The van der Waals surface area contributed by atoms with Crippen LogP contribution in [0.3, 0.4) is 0 Å². The van der Waals surface area contributed by atoms with Crippen LogP contribution in [-0.4, -0.2) is 23.8 Å². The Morgan fingerprint density at radius 1 is 0.462 bits per heavy atom. The quantitative estimate of drug-likeness (QED) is 0.0650. The molecule has 0 aliphatic rings. The van der Waals surface area contributed by atoms with Crippen LogP contribution >= 0.6 is 0 Å². The standard InChI is InChI=1S/C36H72O3/c1-3-5-7-9-10-11-12-13-14-15-16-19-22-25-29-33-36(38)39-34-30-26-23-20-17-18-21-24-28-32-35(37)31-27-8-6-4-2/h35,37H,3-34H2,1-2H3. The Morgan fingerprint density at radius 3 is 1.18 bits per heavy atom. The van der Waals surface area contributed by atoms with Crippen LogP contribution < -0.4 is 0 Å². The summed E-state index contributed by atoms with van der Waals surface area (Å²) < 4.78 is 5.43. The third kappa shape index (κ3) is 33.5. The van der Waals surface area contributed by atoms with Crippen molar-refractivity contribution in [2.24, 2.45) is 0 Å². The van der Waals surface area contributed by atoms with E-state index in [1.807, 2.05) is 0 Å². The first kappa shape index (κ1) is 38.4. The third-order valence-corrected chi connectivity index (χ3v) is 8.32. The molecular formula is C36H72O3. The Balaban J connectivity index is 3.20. The molecule has 0 heterocycles. The second kappa shape index (κ2) is 33.6. The zero-order valence-corrected chi connectivity index (χ0v) is 27.0. The Labute approximate surface area is 246 Å². The van der Waals surface area contributed by atoms with Gasteiger partial charge in [-0.25, -0.2) is 0 Å².